The van der Waals surface area contributed by atoms with Crippen molar-refractivity contribution in [3.8, 4) is 5.75 Å². The van der Waals surface area contributed by atoms with Gasteiger partial charge in [-0.1, -0.05) is 6.07 Å². The Morgan fingerprint density at radius 3 is 2.75 bits per heavy atom. The number of amides is 1. The Morgan fingerprint density at radius 2 is 2.15 bits per heavy atom. The van der Waals surface area contributed by atoms with Crippen LogP contribution in [0.4, 0.5) is 23.2 Å². The molecule has 0 saturated carbocycles. The number of alkyl halides is 3. The molecule has 1 atom stereocenters. The predicted molar refractivity (Wildman–Crippen MR) is 62.7 cm³/mol. The molecule has 1 aliphatic heterocycles. The van der Waals surface area contributed by atoms with Crippen molar-refractivity contribution in [3.05, 3.63) is 24.0 Å². The number of ether oxygens (including phenoxy) is 1. The van der Waals surface area contributed by atoms with Crippen LogP contribution in [0.5, 0.6) is 5.75 Å². The van der Waals surface area contributed by atoms with E-state index in [0.29, 0.717) is 13.0 Å². The van der Waals surface area contributed by atoms with Crippen molar-refractivity contribution >= 4 is 11.6 Å². The van der Waals surface area contributed by atoms with Gasteiger partial charge in [0.2, 0.25) is 5.91 Å². The zero-order valence-corrected chi connectivity index (χ0v) is 10.3. The van der Waals surface area contributed by atoms with Gasteiger partial charge in [-0.15, -0.1) is 13.2 Å². The van der Waals surface area contributed by atoms with E-state index in [2.05, 4.69) is 15.4 Å². The Morgan fingerprint density at radius 1 is 1.40 bits per heavy atom. The summed E-state index contributed by atoms with van der Waals surface area (Å²) in [5.41, 5.74) is -0.346. The molecule has 1 unspecified atom stereocenters. The van der Waals surface area contributed by atoms with Gasteiger partial charge in [0.1, 0.15) is 0 Å². The fourth-order valence-corrected chi connectivity index (χ4v) is 1.95. The second kappa shape index (κ2) is 5.66. The van der Waals surface area contributed by atoms with Crippen LogP contribution >= 0.6 is 0 Å². The second-order valence-electron chi connectivity index (χ2n) is 4.30. The third-order valence-corrected chi connectivity index (χ3v) is 2.82. The van der Waals surface area contributed by atoms with Gasteiger partial charge in [-0.25, -0.2) is 4.39 Å². The van der Waals surface area contributed by atoms with E-state index in [4.69, 9.17) is 0 Å². The number of halogens is 4. The SMILES string of the molecule is O=C(Nc1cccc(F)c1OC(F)(F)F)C1CCCN1. The highest BCUT2D eigenvalue weighted by Crippen LogP contribution is 2.33. The molecule has 0 bridgehead atoms. The van der Waals surface area contributed by atoms with Crippen LogP contribution < -0.4 is 15.4 Å². The van der Waals surface area contributed by atoms with Gasteiger partial charge in [0, 0.05) is 0 Å². The van der Waals surface area contributed by atoms with Gasteiger partial charge in [0.05, 0.1) is 11.7 Å². The molecule has 0 aromatic heterocycles. The van der Waals surface area contributed by atoms with Crippen molar-refractivity contribution in [2.24, 2.45) is 0 Å². The molecule has 0 spiro atoms. The number of nitrogens with one attached hydrogen (secondary N) is 2. The summed E-state index contributed by atoms with van der Waals surface area (Å²) in [6.45, 7) is 0.660. The van der Waals surface area contributed by atoms with Crippen molar-refractivity contribution in [3.63, 3.8) is 0 Å². The van der Waals surface area contributed by atoms with Crippen molar-refractivity contribution in [1.29, 1.82) is 0 Å². The molecule has 20 heavy (non-hydrogen) atoms. The number of para-hydroxylation sites is 1. The Labute approximate surface area is 112 Å². The summed E-state index contributed by atoms with van der Waals surface area (Å²) in [5, 5.41) is 5.14. The molecule has 8 heteroatoms. The van der Waals surface area contributed by atoms with Crippen LogP contribution in [0, 0.1) is 5.82 Å². The summed E-state index contributed by atoms with van der Waals surface area (Å²) in [7, 11) is 0. The first kappa shape index (κ1) is 14.6. The summed E-state index contributed by atoms with van der Waals surface area (Å²) < 4.78 is 53.7. The molecule has 1 fully saturated rings. The standard InChI is InChI=1S/C12H12F4N2O2/c13-7-3-1-4-8(10(7)20-12(14,15)16)18-11(19)9-5-2-6-17-9/h1,3-4,9,17H,2,5-6H2,(H,18,19). The molecule has 1 aromatic carbocycles. The first-order valence-corrected chi connectivity index (χ1v) is 5.95. The first-order valence-electron chi connectivity index (χ1n) is 5.95. The van der Waals surface area contributed by atoms with E-state index in [0.717, 1.165) is 18.6 Å². The highest BCUT2D eigenvalue weighted by Gasteiger charge is 2.34. The van der Waals surface area contributed by atoms with Crippen LogP contribution in [0.3, 0.4) is 0 Å². The van der Waals surface area contributed by atoms with Gasteiger partial charge in [-0.2, -0.15) is 0 Å². The summed E-state index contributed by atoms with van der Waals surface area (Å²) >= 11 is 0. The fourth-order valence-electron chi connectivity index (χ4n) is 1.95. The van der Waals surface area contributed by atoms with Gasteiger partial charge < -0.3 is 15.4 Å². The lowest BCUT2D eigenvalue weighted by Gasteiger charge is -2.16. The van der Waals surface area contributed by atoms with Crippen LogP contribution in [-0.2, 0) is 4.79 Å². The summed E-state index contributed by atoms with van der Waals surface area (Å²) in [5.74, 6) is -2.74. The molecular weight excluding hydrogens is 280 g/mol. The second-order valence-corrected chi connectivity index (χ2v) is 4.30. The van der Waals surface area contributed by atoms with E-state index < -0.39 is 29.9 Å². The van der Waals surface area contributed by atoms with Gasteiger partial charge in [-0.05, 0) is 31.5 Å². The van der Waals surface area contributed by atoms with Crippen LogP contribution in [0.25, 0.3) is 0 Å². The molecule has 1 saturated heterocycles. The third kappa shape index (κ3) is 3.60. The van der Waals surface area contributed by atoms with Gasteiger partial charge in [-0.3, -0.25) is 4.79 Å². The molecule has 110 valence electrons. The average molecular weight is 292 g/mol. The molecule has 0 radical (unpaired) electrons. The van der Waals surface area contributed by atoms with E-state index in [9.17, 15) is 22.4 Å². The van der Waals surface area contributed by atoms with Gasteiger partial charge in [0.25, 0.3) is 0 Å². The normalized spacial score (nSPS) is 18.9. The molecule has 1 heterocycles. The van der Waals surface area contributed by atoms with Crippen molar-refractivity contribution in [2.45, 2.75) is 25.2 Å². The maximum atomic E-state index is 13.4. The average Bonchev–Trinajstić information content (AvgIpc) is 2.86. The molecule has 2 rings (SSSR count). The van der Waals surface area contributed by atoms with Crippen molar-refractivity contribution in [1.82, 2.24) is 5.32 Å². The number of carbonyl (C=O) groups excluding carboxylic acids is 1. The number of anilines is 1. The lowest BCUT2D eigenvalue weighted by molar-refractivity contribution is -0.275. The first-order chi connectivity index (χ1) is 9.37. The molecule has 1 amide bonds. The topological polar surface area (TPSA) is 50.4 Å². The Kier molecular flexibility index (Phi) is 4.12. The van der Waals surface area contributed by atoms with Crippen molar-refractivity contribution in [2.75, 3.05) is 11.9 Å². The molecule has 4 nitrogen and oxygen atoms in total. The lowest BCUT2D eigenvalue weighted by atomic mass is 10.2. The lowest BCUT2D eigenvalue weighted by Crippen LogP contribution is -2.35. The highest BCUT2D eigenvalue weighted by atomic mass is 19.4. The molecule has 1 aromatic rings. The molecule has 2 N–H and O–H groups in total. The summed E-state index contributed by atoms with van der Waals surface area (Å²) in [4.78, 5) is 11.8. The zero-order chi connectivity index (χ0) is 14.8. The van der Waals surface area contributed by atoms with E-state index >= 15 is 0 Å². The largest absolute Gasteiger partial charge is 0.573 e. The van der Waals surface area contributed by atoms with Crippen LogP contribution in [0.15, 0.2) is 18.2 Å². The van der Waals surface area contributed by atoms with Crippen LogP contribution in [0.1, 0.15) is 12.8 Å². The minimum absolute atomic E-state index is 0.346. The van der Waals surface area contributed by atoms with Crippen molar-refractivity contribution < 1.29 is 27.1 Å². The maximum absolute atomic E-state index is 13.4. The quantitative estimate of drug-likeness (QED) is 0.841. The molecular formula is C12H12F4N2O2. The fraction of sp³-hybridized carbons (Fsp3) is 0.417. The number of hydrogen-bond acceptors (Lipinski definition) is 3. The van der Waals surface area contributed by atoms with E-state index in [-0.39, 0.29) is 5.69 Å². The highest BCUT2D eigenvalue weighted by molar-refractivity contribution is 5.96. The summed E-state index contributed by atoms with van der Waals surface area (Å²) in [6.07, 6.45) is -3.66. The minimum Gasteiger partial charge on any atom is -0.400 e. The van der Waals surface area contributed by atoms with Gasteiger partial charge in [0.15, 0.2) is 11.6 Å². The Hall–Kier alpha value is -1.83. The zero-order valence-electron chi connectivity index (χ0n) is 10.3. The Balaban J connectivity index is 2.18. The Bertz CT molecular complexity index is 499. The third-order valence-electron chi connectivity index (χ3n) is 2.82. The predicted octanol–water partition coefficient (Wildman–Crippen LogP) is 2.41. The van der Waals surface area contributed by atoms with Crippen LogP contribution in [0.2, 0.25) is 0 Å². The van der Waals surface area contributed by atoms with E-state index in [1.807, 2.05) is 0 Å². The number of hydrogen-bond donors (Lipinski definition) is 2. The van der Waals surface area contributed by atoms with Gasteiger partial charge >= 0.3 is 6.36 Å². The molecule has 1 aliphatic rings. The minimum atomic E-state index is -5.03. The van der Waals surface area contributed by atoms with E-state index in [1.54, 1.807) is 0 Å². The van der Waals surface area contributed by atoms with E-state index in [1.165, 1.54) is 6.07 Å². The smallest absolute Gasteiger partial charge is 0.400 e. The number of benzene rings is 1. The van der Waals surface area contributed by atoms with Crippen LogP contribution in [-0.4, -0.2) is 24.9 Å². The monoisotopic (exact) mass is 292 g/mol. The number of carbonyl (C=O) groups is 1. The maximum Gasteiger partial charge on any atom is 0.573 e. The molecule has 0 aliphatic carbocycles. The number of rotatable bonds is 3. The summed E-state index contributed by atoms with van der Waals surface area (Å²) in [6, 6.07) is 2.68.